The molecule has 0 saturated heterocycles. The summed E-state index contributed by atoms with van der Waals surface area (Å²) in [4.78, 5) is 1.97. The molecule has 2 aromatic rings. The van der Waals surface area contributed by atoms with E-state index >= 15 is 0 Å². The van der Waals surface area contributed by atoms with Gasteiger partial charge in [0.2, 0.25) is 0 Å². The first kappa shape index (κ1) is 11.9. The van der Waals surface area contributed by atoms with Crippen LogP contribution in [0.1, 0.15) is 27.1 Å². The van der Waals surface area contributed by atoms with Gasteiger partial charge in [0.25, 0.3) is 0 Å². The lowest BCUT2D eigenvalue weighted by Gasteiger charge is -2.13. The maximum absolute atomic E-state index is 8.91. The van der Waals surface area contributed by atoms with E-state index in [9.17, 15) is 0 Å². The Morgan fingerprint density at radius 1 is 1.00 bits per heavy atom. The summed E-state index contributed by atoms with van der Waals surface area (Å²) >= 11 is 1.57. The quantitative estimate of drug-likeness (QED) is 0.720. The molecule has 0 N–H and O–H groups in total. The van der Waals surface area contributed by atoms with Gasteiger partial charge in [0.1, 0.15) is 10.9 Å². The highest BCUT2D eigenvalue weighted by Gasteiger charge is 2.12. The summed E-state index contributed by atoms with van der Waals surface area (Å²) in [7, 11) is 0. The molecule has 1 heterocycles. The van der Waals surface area contributed by atoms with Crippen LogP contribution in [-0.2, 0) is 0 Å². The molecule has 0 bridgehead atoms. The van der Waals surface area contributed by atoms with Crippen molar-refractivity contribution in [1.29, 1.82) is 5.26 Å². The van der Waals surface area contributed by atoms with Crippen molar-refractivity contribution in [2.45, 2.75) is 27.7 Å². The maximum atomic E-state index is 8.91. The third kappa shape index (κ3) is 1.99. The Labute approximate surface area is 106 Å². The van der Waals surface area contributed by atoms with E-state index in [0.29, 0.717) is 0 Å². The summed E-state index contributed by atoms with van der Waals surface area (Å²) in [6.07, 6.45) is 0. The second-order valence-electron chi connectivity index (χ2n) is 4.41. The average molecular weight is 241 g/mol. The van der Waals surface area contributed by atoms with Crippen molar-refractivity contribution in [3.05, 3.63) is 45.3 Å². The average Bonchev–Trinajstić information content (AvgIpc) is 2.75. The van der Waals surface area contributed by atoms with Crippen LogP contribution in [-0.4, -0.2) is 0 Å². The standard InChI is InChI=1S/C15H15NS/c1-9-7-10(2)12(4)15(11(9)3)14-6-5-13(8-16)17-14/h5-7H,1-4H3. The fourth-order valence-corrected chi connectivity index (χ4v) is 3.08. The zero-order chi connectivity index (χ0) is 12.6. The van der Waals surface area contributed by atoms with Gasteiger partial charge < -0.3 is 0 Å². The van der Waals surface area contributed by atoms with Gasteiger partial charge in [0.15, 0.2) is 0 Å². The Bertz CT molecular complexity index is 588. The van der Waals surface area contributed by atoms with Gasteiger partial charge in [-0.2, -0.15) is 5.26 Å². The summed E-state index contributed by atoms with van der Waals surface area (Å²) in [6.45, 7) is 8.60. The molecule has 0 saturated carbocycles. The minimum atomic E-state index is 0.776. The van der Waals surface area contributed by atoms with Crippen molar-refractivity contribution >= 4 is 11.3 Å². The number of hydrogen-bond acceptors (Lipinski definition) is 2. The monoisotopic (exact) mass is 241 g/mol. The summed E-state index contributed by atoms with van der Waals surface area (Å²) in [6, 6.07) is 8.39. The molecule has 1 nitrogen and oxygen atoms in total. The van der Waals surface area contributed by atoms with Gasteiger partial charge in [0, 0.05) is 4.88 Å². The Balaban J connectivity index is 2.71. The Kier molecular flexibility index (Phi) is 3.04. The van der Waals surface area contributed by atoms with Gasteiger partial charge in [-0.05, 0) is 67.6 Å². The van der Waals surface area contributed by atoms with Crippen LogP contribution in [0.2, 0.25) is 0 Å². The number of aryl methyl sites for hydroxylation is 2. The number of hydrogen-bond donors (Lipinski definition) is 0. The third-order valence-electron chi connectivity index (χ3n) is 3.33. The van der Waals surface area contributed by atoms with Crippen LogP contribution < -0.4 is 0 Å². The summed E-state index contributed by atoms with van der Waals surface area (Å²) in [5, 5.41) is 8.91. The SMILES string of the molecule is Cc1cc(C)c(C)c(-c2ccc(C#N)s2)c1C. The molecular weight excluding hydrogens is 226 g/mol. The number of rotatable bonds is 1. The smallest absolute Gasteiger partial charge is 0.110 e. The molecule has 0 radical (unpaired) electrons. The minimum Gasteiger partial charge on any atom is -0.192 e. The van der Waals surface area contributed by atoms with E-state index in [1.807, 2.05) is 6.07 Å². The first-order valence-corrected chi connectivity index (χ1v) is 6.44. The van der Waals surface area contributed by atoms with Crippen molar-refractivity contribution in [3.63, 3.8) is 0 Å². The molecule has 0 atom stereocenters. The van der Waals surface area contributed by atoms with Crippen molar-refractivity contribution in [3.8, 4) is 16.5 Å². The molecule has 2 heteroatoms. The van der Waals surface area contributed by atoms with E-state index in [0.717, 1.165) is 4.88 Å². The second-order valence-corrected chi connectivity index (χ2v) is 5.49. The molecule has 17 heavy (non-hydrogen) atoms. The Hall–Kier alpha value is -1.59. The van der Waals surface area contributed by atoms with Crippen LogP contribution in [0.5, 0.6) is 0 Å². The third-order valence-corrected chi connectivity index (χ3v) is 4.34. The van der Waals surface area contributed by atoms with Crippen LogP contribution in [0.4, 0.5) is 0 Å². The molecule has 2 rings (SSSR count). The van der Waals surface area contributed by atoms with E-state index < -0.39 is 0 Å². The molecule has 86 valence electrons. The predicted octanol–water partition coefficient (Wildman–Crippen LogP) is 4.52. The molecule has 1 aromatic heterocycles. The highest BCUT2D eigenvalue weighted by atomic mass is 32.1. The number of nitrogens with zero attached hydrogens (tertiary/aromatic N) is 1. The highest BCUT2D eigenvalue weighted by Crippen LogP contribution is 2.35. The molecule has 0 aliphatic rings. The van der Waals surface area contributed by atoms with Gasteiger partial charge in [-0.1, -0.05) is 6.07 Å². The fourth-order valence-electron chi connectivity index (χ4n) is 2.12. The second kappa shape index (κ2) is 4.35. The molecule has 0 fully saturated rings. The van der Waals surface area contributed by atoms with Gasteiger partial charge >= 0.3 is 0 Å². The van der Waals surface area contributed by atoms with Crippen LogP contribution >= 0.6 is 11.3 Å². The summed E-state index contributed by atoms with van der Waals surface area (Å²) in [5.74, 6) is 0. The molecule has 0 amide bonds. The normalized spacial score (nSPS) is 10.3. The van der Waals surface area contributed by atoms with E-state index in [-0.39, 0.29) is 0 Å². The topological polar surface area (TPSA) is 23.8 Å². The lowest BCUT2D eigenvalue weighted by atomic mass is 9.93. The molecule has 0 spiro atoms. The molecule has 0 aliphatic heterocycles. The van der Waals surface area contributed by atoms with Gasteiger partial charge in [-0.3, -0.25) is 0 Å². The van der Waals surface area contributed by atoms with Crippen molar-refractivity contribution in [1.82, 2.24) is 0 Å². The minimum absolute atomic E-state index is 0.776. The predicted molar refractivity (Wildman–Crippen MR) is 73.4 cm³/mol. The van der Waals surface area contributed by atoms with Crippen molar-refractivity contribution in [2.75, 3.05) is 0 Å². The zero-order valence-corrected chi connectivity index (χ0v) is 11.4. The van der Waals surface area contributed by atoms with Crippen LogP contribution in [0, 0.1) is 39.0 Å². The zero-order valence-electron chi connectivity index (χ0n) is 10.6. The molecule has 1 aromatic carbocycles. The summed E-state index contributed by atoms with van der Waals surface area (Å²) in [5.41, 5.74) is 6.57. The summed E-state index contributed by atoms with van der Waals surface area (Å²) < 4.78 is 0. The maximum Gasteiger partial charge on any atom is 0.110 e. The molecular formula is C15H15NS. The van der Waals surface area contributed by atoms with Gasteiger partial charge in [-0.15, -0.1) is 11.3 Å². The van der Waals surface area contributed by atoms with Crippen molar-refractivity contribution in [2.24, 2.45) is 0 Å². The van der Waals surface area contributed by atoms with E-state index in [1.54, 1.807) is 11.3 Å². The van der Waals surface area contributed by atoms with Crippen LogP contribution in [0.15, 0.2) is 18.2 Å². The number of thiophene rings is 1. The number of benzene rings is 1. The molecule has 0 unspecified atom stereocenters. The van der Waals surface area contributed by atoms with E-state index in [2.05, 4.69) is 45.9 Å². The molecule has 0 aliphatic carbocycles. The Morgan fingerprint density at radius 3 is 2.06 bits per heavy atom. The lowest BCUT2D eigenvalue weighted by molar-refractivity contribution is 1.25. The number of nitriles is 1. The Morgan fingerprint density at radius 2 is 1.59 bits per heavy atom. The fraction of sp³-hybridized carbons (Fsp3) is 0.267. The van der Waals surface area contributed by atoms with Gasteiger partial charge in [-0.25, -0.2) is 0 Å². The lowest BCUT2D eigenvalue weighted by Crippen LogP contribution is -1.93. The first-order valence-electron chi connectivity index (χ1n) is 5.62. The van der Waals surface area contributed by atoms with Crippen LogP contribution in [0.3, 0.4) is 0 Å². The highest BCUT2D eigenvalue weighted by molar-refractivity contribution is 7.16. The van der Waals surface area contributed by atoms with Crippen LogP contribution in [0.25, 0.3) is 10.4 Å². The first-order chi connectivity index (χ1) is 8.04. The van der Waals surface area contributed by atoms with Crippen molar-refractivity contribution < 1.29 is 0 Å². The van der Waals surface area contributed by atoms with E-state index in [4.69, 9.17) is 5.26 Å². The van der Waals surface area contributed by atoms with Gasteiger partial charge in [0.05, 0.1) is 0 Å². The largest absolute Gasteiger partial charge is 0.192 e. The van der Waals surface area contributed by atoms with E-state index in [1.165, 1.54) is 32.7 Å².